The quantitative estimate of drug-likeness (QED) is 0.279. The fourth-order valence-corrected chi connectivity index (χ4v) is 3.32. The van der Waals surface area contributed by atoms with Crippen LogP contribution in [0.25, 0.3) is 10.4 Å². The number of benzene rings is 2. The van der Waals surface area contributed by atoms with E-state index >= 15 is 0 Å². The van der Waals surface area contributed by atoms with E-state index in [2.05, 4.69) is 21.9 Å². The summed E-state index contributed by atoms with van der Waals surface area (Å²) in [5.74, 6) is 7.24. The molecule has 0 bridgehead atoms. The van der Waals surface area contributed by atoms with Gasteiger partial charge in [0.25, 0.3) is 0 Å². The average molecular weight is 452 g/mol. The highest BCUT2D eigenvalue weighted by atomic mass is 16.7. The predicted molar refractivity (Wildman–Crippen MR) is 124 cm³/mol. The van der Waals surface area contributed by atoms with E-state index in [0.717, 1.165) is 28.0 Å². The summed E-state index contributed by atoms with van der Waals surface area (Å²) >= 11 is 0. The Bertz CT molecular complexity index is 1080. The smallest absolute Gasteiger partial charge is 0.163 e. The molecule has 2 aromatic rings. The number of aliphatic hydroxyl groups is 1. The number of azide groups is 1. The zero-order chi connectivity index (χ0) is 23.8. The number of aryl methyl sites for hydroxylation is 2. The first kappa shape index (κ1) is 24.4. The van der Waals surface area contributed by atoms with Crippen LogP contribution in [0.3, 0.4) is 0 Å². The van der Waals surface area contributed by atoms with E-state index < -0.39 is 11.9 Å². The molecule has 1 fully saturated rings. The lowest BCUT2D eigenvalue weighted by molar-refractivity contribution is -0.141. The summed E-state index contributed by atoms with van der Waals surface area (Å²) in [4.78, 5) is 2.62. The molecule has 1 aliphatic rings. The van der Waals surface area contributed by atoms with Crippen LogP contribution >= 0.6 is 0 Å². The van der Waals surface area contributed by atoms with Gasteiger partial charge in [0.05, 0.1) is 19.3 Å². The Balaban J connectivity index is 1.57. The van der Waals surface area contributed by atoms with E-state index in [0.29, 0.717) is 19.0 Å². The molecule has 8 heteroatoms. The average Bonchev–Trinajstić information content (AvgIpc) is 3.13. The third kappa shape index (κ3) is 7.41. The molecule has 0 saturated carbocycles. The fourth-order valence-electron chi connectivity index (χ4n) is 3.32. The Morgan fingerprint density at radius 3 is 2.24 bits per heavy atom. The number of hydrogen-bond acceptors (Lipinski definition) is 6. The van der Waals surface area contributed by atoms with E-state index in [1.807, 2.05) is 64.1 Å². The second kappa shape index (κ2) is 11.1. The molecule has 3 rings (SSSR count). The van der Waals surface area contributed by atoms with E-state index in [-0.39, 0.29) is 19.3 Å². The van der Waals surface area contributed by atoms with Gasteiger partial charge in [-0.2, -0.15) is 0 Å². The van der Waals surface area contributed by atoms with Gasteiger partial charge in [0.1, 0.15) is 30.8 Å². The van der Waals surface area contributed by atoms with Gasteiger partial charge < -0.3 is 24.1 Å². The van der Waals surface area contributed by atoms with Crippen LogP contribution in [-0.2, 0) is 9.47 Å². The molecular weight excluding hydrogens is 422 g/mol. The molecular formula is C25H29N3O5. The first-order valence-electron chi connectivity index (χ1n) is 10.8. The van der Waals surface area contributed by atoms with Crippen molar-refractivity contribution in [1.29, 1.82) is 0 Å². The van der Waals surface area contributed by atoms with Gasteiger partial charge in [-0.05, 0) is 80.8 Å². The van der Waals surface area contributed by atoms with Crippen molar-refractivity contribution in [2.45, 2.75) is 45.7 Å². The molecule has 1 saturated heterocycles. The highest BCUT2D eigenvalue weighted by molar-refractivity contribution is 5.49. The molecule has 0 spiro atoms. The maximum atomic E-state index is 9.72. The molecule has 0 aliphatic carbocycles. The van der Waals surface area contributed by atoms with Crippen molar-refractivity contribution in [3.8, 4) is 23.3 Å². The Labute approximate surface area is 194 Å². The Morgan fingerprint density at radius 1 is 1.12 bits per heavy atom. The predicted octanol–water partition coefficient (Wildman–Crippen LogP) is 4.28. The minimum Gasteiger partial charge on any atom is -0.491 e. The SMILES string of the molecule is Cc1cc(C#Cc2ccc(OC[C@H]3COC(C)(C)O3)c(C)c2)ccc1OC[C@H](O)CN=[N+]=[N-]. The summed E-state index contributed by atoms with van der Waals surface area (Å²) in [5, 5.41) is 13.0. The van der Waals surface area contributed by atoms with Crippen molar-refractivity contribution in [3.63, 3.8) is 0 Å². The van der Waals surface area contributed by atoms with Crippen LogP contribution in [0.15, 0.2) is 41.5 Å². The van der Waals surface area contributed by atoms with Crippen molar-refractivity contribution in [1.82, 2.24) is 0 Å². The standard InChI is InChI=1S/C25H29N3O5/c1-17-11-19(7-9-23(17)30-14-21(29)13-27-28-26)5-6-20-8-10-24(18(2)12-20)31-15-22-16-32-25(3,4)33-22/h7-12,21-22,29H,13-16H2,1-4H3/t21-,22+/m1/s1. The van der Waals surface area contributed by atoms with Gasteiger partial charge in [-0.25, -0.2) is 0 Å². The molecule has 33 heavy (non-hydrogen) atoms. The maximum Gasteiger partial charge on any atom is 0.163 e. The molecule has 0 amide bonds. The normalized spacial score (nSPS) is 17.4. The lowest BCUT2D eigenvalue weighted by Gasteiger charge is -2.17. The van der Waals surface area contributed by atoms with Gasteiger partial charge in [-0.15, -0.1) is 0 Å². The third-order valence-electron chi connectivity index (χ3n) is 4.98. The summed E-state index contributed by atoms with van der Waals surface area (Å²) in [6.07, 6.45) is -0.927. The molecule has 174 valence electrons. The van der Waals surface area contributed by atoms with Gasteiger partial charge in [0, 0.05) is 16.0 Å². The molecule has 0 radical (unpaired) electrons. The molecule has 8 nitrogen and oxygen atoms in total. The molecule has 0 unspecified atom stereocenters. The lowest BCUT2D eigenvalue weighted by Crippen LogP contribution is -2.25. The monoisotopic (exact) mass is 451 g/mol. The number of nitrogens with zero attached hydrogens (tertiary/aromatic N) is 3. The second-order valence-corrected chi connectivity index (χ2v) is 8.35. The highest BCUT2D eigenvalue weighted by Gasteiger charge is 2.33. The van der Waals surface area contributed by atoms with Crippen molar-refractivity contribution in [2.75, 3.05) is 26.4 Å². The van der Waals surface area contributed by atoms with Crippen LogP contribution in [0.5, 0.6) is 11.5 Å². The van der Waals surface area contributed by atoms with Crippen LogP contribution in [0.2, 0.25) is 0 Å². The van der Waals surface area contributed by atoms with Gasteiger partial charge in [-0.3, -0.25) is 0 Å². The number of ether oxygens (including phenoxy) is 4. The van der Waals surface area contributed by atoms with Gasteiger partial charge in [-0.1, -0.05) is 17.0 Å². The van der Waals surface area contributed by atoms with E-state index in [4.69, 9.17) is 24.5 Å². The molecule has 0 aromatic heterocycles. The first-order chi connectivity index (χ1) is 15.8. The molecule has 2 aromatic carbocycles. The maximum absolute atomic E-state index is 9.72. The summed E-state index contributed by atoms with van der Waals surface area (Å²) in [6.45, 7) is 8.68. The molecule has 1 aliphatic heterocycles. The van der Waals surface area contributed by atoms with Gasteiger partial charge >= 0.3 is 0 Å². The number of aliphatic hydroxyl groups excluding tert-OH is 1. The van der Waals surface area contributed by atoms with E-state index in [9.17, 15) is 5.11 Å². The van der Waals surface area contributed by atoms with Crippen LogP contribution < -0.4 is 9.47 Å². The van der Waals surface area contributed by atoms with Crippen molar-refractivity contribution < 1.29 is 24.1 Å². The Kier molecular flexibility index (Phi) is 8.21. The summed E-state index contributed by atoms with van der Waals surface area (Å²) in [7, 11) is 0. The highest BCUT2D eigenvalue weighted by Crippen LogP contribution is 2.25. The van der Waals surface area contributed by atoms with Crippen LogP contribution in [-0.4, -0.2) is 49.5 Å². The van der Waals surface area contributed by atoms with Crippen LogP contribution in [0, 0.1) is 25.7 Å². The fraction of sp³-hybridized carbons (Fsp3) is 0.440. The minimum atomic E-state index is -0.846. The van der Waals surface area contributed by atoms with Gasteiger partial charge in [0.15, 0.2) is 5.79 Å². The van der Waals surface area contributed by atoms with Crippen molar-refractivity contribution >= 4 is 0 Å². The number of rotatable bonds is 8. The van der Waals surface area contributed by atoms with Crippen LogP contribution in [0.4, 0.5) is 0 Å². The van der Waals surface area contributed by atoms with E-state index in [1.165, 1.54) is 0 Å². The Hall–Kier alpha value is -3.21. The lowest BCUT2D eigenvalue weighted by atomic mass is 10.1. The largest absolute Gasteiger partial charge is 0.491 e. The summed E-state index contributed by atoms with van der Waals surface area (Å²) in [5.41, 5.74) is 11.9. The Morgan fingerprint density at radius 2 is 1.73 bits per heavy atom. The second-order valence-electron chi connectivity index (χ2n) is 8.35. The molecule has 1 N–H and O–H groups in total. The van der Waals surface area contributed by atoms with Crippen LogP contribution in [0.1, 0.15) is 36.1 Å². The number of hydrogen-bond donors (Lipinski definition) is 1. The van der Waals surface area contributed by atoms with Crippen molar-refractivity contribution in [3.05, 3.63) is 69.1 Å². The minimum absolute atomic E-state index is 0.0245. The topological polar surface area (TPSA) is 106 Å². The summed E-state index contributed by atoms with van der Waals surface area (Å²) in [6, 6.07) is 11.5. The van der Waals surface area contributed by atoms with Gasteiger partial charge in [0.2, 0.25) is 0 Å². The first-order valence-corrected chi connectivity index (χ1v) is 10.8. The molecule has 1 heterocycles. The summed E-state index contributed by atoms with van der Waals surface area (Å²) < 4.78 is 22.9. The van der Waals surface area contributed by atoms with Crippen molar-refractivity contribution in [2.24, 2.45) is 5.11 Å². The third-order valence-corrected chi connectivity index (χ3v) is 4.98. The molecule has 2 atom stereocenters. The zero-order valence-corrected chi connectivity index (χ0v) is 19.4. The zero-order valence-electron chi connectivity index (χ0n) is 19.4. The van der Waals surface area contributed by atoms with E-state index in [1.54, 1.807) is 0 Å².